The van der Waals surface area contributed by atoms with Crippen molar-refractivity contribution in [3.05, 3.63) is 42.0 Å². The van der Waals surface area contributed by atoms with Crippen molar-refractivity contribution in [1.82, 2.24) is 9.59 Å². The van der Waals surface area contributed by atoms with Gasteiger partial charge in [0.05, 0.1) is 29.5 Å². The minimum atomic E-state index is -1.11. The van der Waals surface area contributed by atoms with Gasteiger partial charge in [0.25, 0.3) is 0 Å². The van der Waals surface area contributed by atoms with E-state index in [0.29, 0.717) is 4.99 Å². The fourth-order valence-corrected chi connectivity index (χ4v) is 2.30. The third-order valence-electron chi connectivity index (χ3n) is 2.88. The lowest BCUT2D eigenvalue weighted by Crippen LogP contribution is -2.18. The number of aromatic nitrogens is 2. The lowest BCUT2D eigenvalue weighted by atomic mass is 10.2. The van der Waals surface area contributed by atoms with Crippen LogP contribution in [0.3, 0.4) is 0 Å². The summed E-state index contributed by atoms with van der Waals surface area (Å²) in [6, 6.07) is 10.4. The number of carboxylic acids is 1. The van der Waals surface area contributed by atoms with Crippen LogP contribution in [-0.2, 0) is 0 Å². The molecule has 3 rings (SSSR count). The Morgan fingerprint density at radius 1 is 1.06 bits per heavy atom. The van der Waals surface area contributed by atoms with Crippen LogP contribution in [0.25, 0.3) is 10.2 Å². The van der Waals surface area contributed by atoms with Crippen molar-refractivity contribution in [1.29, 1.82) is 0 Å². The van der Waals surface area contributed by atoms with Gasteiger partial charge in [0.2, 0.25) is 5.75 Å². The molecule has 0 atom stereocenters. The van der Waals surface area contributed by atoms with E-state index in [0.717, 1.165) is 10.2 Å². The first-order chi connectivity index (χ1) is 14.5. The molecule has 0 aliphatic rings. The normalized spacial score (nSPS) is 8.87. The number of aromatic hydroxyl groups is 1. The van der Waals surface area contributed by atoms with Crippen molar-refractivity contribution < 1.29 is 24.5 Å². The number of ether oxygens (including phenoxy) is 2. The van der Waals surface area contributed by atoms with Crippen molar-refractivity contribution >= 4 is 62.3 Å². The van der Waals surface area contributed by atoms with E-state index in [4.69, 9.17) is 20.3 Å². The van der Waals surface area contributed by atoms with E-state index in [9.17, 15) is 9.90 Å². The topological polar surface area (TPSA) is 180 Å². The van der Waals surface area contributed by atoms with Gasteiger partial charge in [0.1, 0.15) is 5.52 Å². The maximum absolute atomic E-state index is 10.7. The first kappa shape index (κ1) is 27.7. The quantitative estimate of drug-likeness (QED) is 0.342. The molecule has 0 spiro atoms. The molecule has 10 nitrogen and oxygen atoms in total. The zero-order valence-corrected chi connectivity index (χ0v) is 19.4. The summed E-state index contributed by atoms with van der Waals surface area (Å²) in [6.07, 6.45) is 0. The molecule has 1 heterocycles. The molecule has 13 heteroatoms. The van der Waals surface area contributed by atoms with Crippen molar-refractivity contribution in [3.8, 4) is 17.2 Å². The third-order valence-corrected chi connectivity index (χ3v) is 3.58. The highest BCUT2D eigenvalue weighted by Gasteiger charge is 2.14. The molecular weight excluding hydrogens is 462 g/mol. The van der Waals surface area contributed by atoms with Crippen molar-refractivity contribution in [2.75, 3.05) is 14.2 Å². The van der Waals surface area contributed by atoms with Crippen LogP contribution in [0.5, 0.6) is 17.2 Å². The van der Waals surface area contributed by atoms with Crippen LogP contribution in [0.2, 0.25) is 0 Å². The number of aromatic carboxylic acids is 1. The lowest BCUT2D eigenvalue weighted by molar-refractivity contribution is 0.0696. The fourth-order valence-electron chi connectivity index (χ4n) is 1.74. The van der Waals surface area contributed by atoms with Crippen LogP contribution in [0, 0.1) is 0 Å². The van der Waals surface area contributed by atoms with Crippen molar-refractivity contribution in [2.24, 2.45) is 17.2 Å². The molecule has 0 unspecified atom stereocenters. The fraction of sp³-hybridized carbons (Fsp3) is 0.167. The molecule has 0 radical (unpaired) electrons. The van der Waals surface area contributed by atoms with E-state index >= 15 is 0 Å². The number of nitrogens with zero attached hydrogens (tertiary/aromatic N) is 2. The van der Waals surface area contributed by atoms with Gasteiger partial charge in [-0.1, -0.05) is 28.8 Å². The molecule has 0 saturated carbocycles. The van der Waals surface area contributed by atoms with Gasteiger partial charge in [-0.05, 0) is 54.9 Å². The number of carboxylic acid groups (broad SMARTS) is 1. The van der Waals surface area contributed by atoms with E-state index in [1.807, 2.05) is 24.3 Å². The summed E-state index contributed by atoms with van der Waals surface area (Å²) in [5, 5.41) is 22.1. The molecule has 0 fully saturated rings. The average Bonchev–Trinajstić information content (AvgIpc) is 3.16. The maximum Gasteiger partial charge on any atom is 0.335 e. The summed E-state index contributed by atoms with van der Waals surface area (Å²) >= 11 is 9.83. The zero-order valence-electron chi connectivity index (χ0n) is 16.9. The number of benzene rings is 2. The molecule has 168 valence electrons. The van der Waals surface area contributed by atoms with E-state index < -0.39 is 5.97 Å². The predicted molar refractivity (Wildman–Crippen MR) is 129 cm³/mol. The predicted octanol–water partition coefficient (Wildman–Crippen LogP) is 2.28. The molecule has 0 amide bonds. The summed E-state index contributed by atoms with van der Waals surface area (Å²) in [7, 11) is 2.67. The minimum Gasteiger partial charge on any atom is -0.502 e. The molecule has 0 aliphatic carbocycles. The molecule has 2 aromatic carbocycles. The van der Waals surface area contributed by atoms with Gasteiger partial charge in [0, 0.05) is 0 Å². The summed E-state index contributed by atoms with van der Waals surface area (Å²) in [6.45, 7) is 1.68. The van der Waals surface area contributed by atoms with Crippen LogP contribution >= 0.6 is 36.0 Å². The Morgan fingerprint density at radius 3 is 1.90 bits per heavy atom. The van der Waals surface area contributed by atoms with Gasteiger partial charge in [0.15, 0.2) is 16.6 Å². The number of methoxy groups -OCH3 is 2. The lowest BCUT2D eigenvalue weighted by Gasteiger charge is -2.08. The highest BCUT2D eigenvalue weighted by Crippen LogP contribution is 2.36. The molecule has 0 bridgehead atoms. The molecular formula is C18H23N5O5S3. The Morgan fingerprint density at radius 2 is 1.52 bits per heavy atom. The smallest absolute Gasteiger partial charge is 0.335 e. The van der Waals surface area contributed by atoms with Gasteiger partial charge in [-0.2, -0.15) is 0 Å². The second-order valence-corrected chi connectivity index (χ2v) is 7.19. The standard InChI is InChI=1S/C9H10O5.C6H4N2S.C2H5NS.CH4N2S/c1-13-6-3-5(9(11)12)4-7(14-2)8(6)10;1-2-4-6-5(3-1)7-8-9-6;1-2(3)4;2-1(3)4/h3-4,10H,1-2H3,(H,11,12);1-4H;1H3,(H2,3,4);(H4,2,3,4). The number of carbonyl (C=O) groups is 1. The summed E-state index contributed by atoms with van der Waals surface area (Å²) in [5.41, 5.74) is 15.1. The van der Waals surface area contributed by atoms with E-state index in [2.05, 4.69) is 45.5 Å². The van der Waals surface area contributed by atoms with E-state index in [1.165, 1.54) is 37.9 Å². The molecule has 0 aliphatic heterocycles. The van der Waals surface area contributed by atoms with Gasteiger partial charge in [-0.25, -0.2) is 4.79 Å². The number of thiocarbonyl (C=S) groups is 2. The first-order valence-electron chi connectivity index (χ1n) is 8.19. The van der Waals surface area contributed by atoms with Crippen LogP contribution in [0.1, 0.15) is 17.3 Å². The molecule has 8 N–H and O–H groups in total. The van der Waals surface area contributed by atoms with Crippen LogP contribution in [0.15, 0.2) is 36.4 Å². The second-order valence-electron chi connectivity index (χ2n) is 5.29. The van der Waals surface area contributed by atoms with Crippen LogP contribution in [-0.4, -0.2) is 50.1 Å². The van der Waals surface area contributed by atoms with Gasteiger partial charge in [-0.3, -0.25) is 0 Å². The van der Waals surface area contributed by atoms with E-state index in [1.54, 1.807) is 6.92 Å². The van der Waals surface area contributed by atoms with Gasteiger partial charge >= 0.3 is 5.97 Å². The second kappa shape index (κ2) is 14.7. The first-order valence-corrected chi connectivity index (χ1v) is 9.78. The highest BCUT2D eigenvalue weighted by atomic mass is 32.1. The number of hydrogen-bond acceptors (Lipinski definition) is 9. The Hall–Kier alpha value is -3.29. The van der Waals surface area contributed by atoms with Crippen LogP contribution in [0.4, 0.5) is 0 Å². The van der Waals surface area contributed by atoms with E-state index in [-0.39, 0.29) is 27.9 Å². The Bertz CT molecular complexity index is 938. The monoisotopic (exact) mass is 485 g/mol. The van der Waals surface area contributed by atoms with Gasteiger partial charge in [-0.15, -0.1) is 5.10 Å². The van der Waals surface area contributed by atoms with Crippen molar-refractivity contribution in [3.63, 3.8) is 0 Å². The van der Waals surface area contributed by atoms with Crippen molar-refractivity contribution in [2.45, 2.75) is 6.92 Å². The summed E-state index contributed by atoms with van der Waals surface area (Å²) in [4.78, 5) is 11.2. The highest BCUT2D eigenvalue weighted by molar-refractivity contribution is 7.80. The Kier molecular flexibility index (Phi) is 13.1. The van der Waals surface area contributed by atoms with Gasteiger partial charge < -0.3 is 36.9 Å². The Balaban J connectivity index is 0.000000450. The zero-order chi connectivity index (χ0) is 24.0. The largest absolute Gasteiger partial charge is 0.502 e. The number of phenols is 1. The number of fused-ring (bicyclic) bond motifs is 1. The third kappa shape index (κ3) is 11.5. The molecule has 1 aromatic heterocycles. The molecule has 0 saturated heterocycles. The molecule has 31 heavy (non-hydrogen) atoms. The summed E-state index contributed by atoms with van der Waals surface area (Å²) in [5.74, 6) is -1.18. The molecule has 3 aromatic rings. The Labute approximate surface area is 193 Å². The minimum absolute atomic E-state index is 0.000000000000000222. The maximum atomic E-state index is 10.7. The van der Waals surface area contributed by atoms with Crippen LogP contribution < -0.4 is 26.7 Å². The SMILES string of the molecule is CC(N)=S.COc1cc(C(=O)O)cc(OC)c1O.NC(N)=S.c1ccc2snnc2c1. The number of rotatable bonds is 3. The number of hydrogen-bond donors (Lipinski definition) is 5. The summed E-state index contributed by atoms with van der Waals surface area (Å²) < 4.78 is 14.5. The number of phenolic OH excluding ortho intramolecular Hbond substituents is 1. The number of nitrogens with two attached hydrogens (primary N) is 3. The average molecular weight is 486 g/mol.